The van der Waals surface area contributed by atoms with Crippen LogP contribution in [-0.2, 0) is 34.8 Å². The molecule has 0 saturated heterocycles. The summed E-state index contributed by atoms with van der Waals surface area (Å²) in [4.78, 5) is 31.2. The van der Waals surface area contributed by atoms with Gasteiger partial charge in [-0.25, -0.2) is 14.2 Å². The summed E-state index contributed by atoms with van der Waals surface area (Å²) in [5.74, 6) is -1.13. The Labute approximate surface area is 199 Å². The number of cyclic esters (lactones) is 1. The van der Waals surface area contributed by atoms with Crippen LogP contribution in [0, 0.1) is 5.82 Å². The van der Waals surface area contributed by atoms with Crippen LogP contribution in [0.15, 0.2) is 59.4 Å². The van der Waals surface area contributed by atoms with Gasteiger partial charge in [0, 0.05) is 23.1 Å². The standard InChI is InChI=1S/C27H22FN3O4/c1-2-27(34)21-19(14-35-26(27)33)25(32)31-13-17-11-16-5-3-4-6-20(16)30-22(17)24(31)23(21)29-12-15-7-9-18(28)10-8-15/h3-11,29,34H,2,12-14H2,1H3/t27-/m0/s1. The highest BCUT2D eigenvalue weighted by Crippen LogP contribution is 2.45. The molecule has 0 radical (unpaired) electrons. The Kier molecular flexibility index (Phi) is 4.76. The molecular formula is C27H22FN3O4. The van der Waals surface area contributed by atoms with Crippen LogP contribution in [0.2, 0.25) is 0 Å². The highest BCUT2D eigenvalue weighted by atomic mass is 19.1. The predicted octanol–water partition coefficient (Wildman–Crippen LogP) is 3.83. The summed E-state index contributed by atoms with van der Waals surface area (Å²) >= 11 is 0. The molecule has 4 heterocycles. The van der Waals surface area contributed by atoms with E-state index >= 15 is 0 Å². The number of halogens is 1. The lowest BCUT2D eigenvalue weighted by atomic mass is 9.84. The van der Waals surface area contributed by atoms with Gasteiger partial charge in [-0.1, -0.05) is 37.3 Å². The molecular weight excluding hydrogens is 449 g/mol. The summed E-state index contributed by atoms with van der Waals surface area (Å²) in [6, 6.07) is 15.8. The van der Waals surface area contributed by atoms with Gasteiger partial charge in [0.2, 0.25) is 0 Å². The molecule has 0 unspecified atom stereocenters. The van der Waals surface area contributed by atoms with Crippen molar-refractivity contribution in [3.05, 3.63) is 93.0 Å². The van der Waals surface area contributed by atoms with E-state index in [1.165, 1.54) is 12.1 Å². The number of hydrogen-bond acceptors (Lipinski definition) is 6. The minimum atomic E-state index is -1.98. The lowest BCUT2D eigenvalue weighted by Gasteiger charge is -2.34. The van der Waals surface area contributed by atoms with E-state index in [0.29, 0.717) is 23.6 Å². The number of carbonyl (C=O) groups excluding carboxylic acids is 1. The van der Waals surface area contributed by atoms with Gasteiger partial charge in [0.15, 0.2) is 5.60 Å². The summed E-state index contributed by atoms with van der Waals surface area (Å²) < 4.78 is 20.3. The Morgan fingerprint density at radius 1 is 1.17 bits per heavy atom. The van der Waals surface area contributed by atoms with E-state index in [0.717, 1.165) is 22.0 Å². The second kappa shape index (κ2) is 7.74. The molecule has 35 heavy (non-hydrogen) atoms. The number of rotatable bonds is 4. The van der Waals surface area contributed by atoms with E-state index < -0.39 is 11.6 Å². The monoisotopic (exact) mass is 471 g/mol. The first-order valence-corrected chi connectivity index (χ1v) is 11.5. The third-order valence-corrected chi connectivity index (χ3v) is 6.91. The minimum Gasteiger partial charge on any atom is -0.458 e. The number of nitrogens with one attached hydrogen (secondary N) is 1. The van der Waals surface area contributed by atoms with Crippen LogP contribution in [0.4, 0.5) is 10.1 Å². The fourth-order valence-corrected chi connectivity index (χ4v) is 5.06. The molecule has 0 fully saturated rings. The first-order chi connectivity index (χ1) is 16.9. The number of aromatic nitrogens is 2. The Bertz CT molecular complexity index is 1580. The topological polar surface area (TPSA) is 93.5 Å². The van der Waals surface area contributed by atoms with Crippen molar-refractivity contribution in [2.24, 2.45) is 0 Å². The quantitative estimate of drug-likeness (QED) is 0.387. The van der Waals surface area contributed by atoms with Crippen molar-refractivity contribution in [1.82, 2.24) is 9.55 Å². The molecule has 0 saturated carbocycles. The van der Waals surface area contributed by atoms with Crippen molar-refractivity contribution in [1.29, 1.82) is 0 Å². The Hall–Kier alpha value is -4.04. The molecule has 1 atom stereocenters. The van der Waals surface area contributed by atoms with Crippen LogP contribution in [0.3, 0.4) is 0 Å². The Morgan fingerprint density at radius 3 is 2.71 bits per heavy atom. The van der Waals surface area contributed by atoms with Gasteiger partial charge in [-0.2, -0.15) is 0 Å². The zero-order valence-electron chi connectivity index (χ0n) is 19.0. The van der Waals surface area contributed by atoms with Crippen LogP contribution in [0.25, 0.3) is 22.3 Å². The molecule has 2 aromatic carbocycles. The van der Waals surface area contributed by atoms with Gasteiger partial charge < -0.3 is 19.7 Å². The van der Waals surface area contributed by atoms with E-state index in [1.54, 1.807) is 23.6 Å². The molecule has 2 aromatic heterocycles. The normalized spacial score (nSPS) is 18.1. The number of hydrogen-bond donors (Lipinski definition) is 2. The number of aliphatic hydroxyl groups is 1. The van der Waals surface area contributed by atoms with Crippen LogP contribution in [0.5, 0.6) is 0 Å². The van der Waals surface area contributed by atoms with Crippen LogP contribution >= 0.6 is 0 Å². The largest absolute Gasteiger partial charge is 0.458 e. The average molecular weight is 471 g/mol. The third kappa shape index (κ3) is 3.17. The van der Waals surface area contributed by atoms with E-state index in [9.17, 15) is 19.1 Å². The number of fused-ring (bicyclic) bond motifs is 5. The fraction of sp³-hybridized carbons (Fsp3) is 0.222. The van der Waals surface area contributed by atoms with Gasteiger partial charge in [0.25, 0.3) is 5.56 Å². The SMILES string of the molecule is CC[C@@]1(O)C(=O)OCc2c1c(NCc1ccc(F)cc1)c1n(c2=O)Cc2cc3ccccc3nc2-1. The summed E-state index contributed by atoms with van der Waals surface area (Å²) in [5, 5.41) is 15.8. The highest BCUT2D eigenvalue weighted by Gasteiger charge is 2.48. The van der Waals surface area contributed by atoms with Gasteiger partial charge in [-0.15, -0.1) is 0 Å². The number of carbonyl (C=O) groups is 1. The third-order valence-electron chi connectivity index (χ3n) is 6.91. The molecule has 6 rings (SSSR count). The Morgan fingerprint density at radius 2 is 1.94 bits per heavy atom. The molecule has 8 heteroatoms. The van der Waals surface area contributed by atoms with Crippen molar-refractivity contribution in [2.45, 2.75) is 38.6 Å². The van der Waals surface area contributed by atoms with Crippen molar-refractivity contribution in [2.75, 3.05) is 5.32 Å². The van der Waals surface area contributed by atoms with Crippen molar-refractivity contribution < 1.29 is 19.0 Å². The fourth-order valence-electron chi connectivity index (χ4n) is 5.06. The lowest BCUT2D eigenvalue weighted by Crippen LogP contribution is -2.45. The van der Waals surface area contributed by atoms with Gasteiger partial charge in [-0.05, 0) is 36.2 Å². The van der Waals surface area contributed by atoms with E-state index in [4.69, 9.17) is 9.72 Å². The van der Waals surface area contributed by atoms with Gasteiger partial charge >= 0.3 is 5.97 Å². The van der Waals surface area contributed by atoms with Gasteiger partial charge in [-0.3, -0.25) is 4.79 Å². The molecule has 0 spiro atoms. The molecule has 7 nitrogen and oxygen atoms in total. The molecule has 2 aliphatic heterocycles. The zero-order valence-corrected chi connectivity index (χ0v) is 19.0. The Balaban J connectivity index is 1.62. The predicted molar refractivity (Wildman–Crippen MR) is 128 cm³/mol. The number of pyridine rings is 2. The lowest BCUT2D eigenvalue weighted by molar-refractivity contribution is -0.172. The second-order valence-corrected chi connectivity index (χ2v) is 8.93. The minimum absolute atomic E-state index is 0.0327. The van der Waals surface area contributed by atoms with Gasteiger partial charge in [0.05, 0.1) is 34.7 Å². The summed E-state index contributed by atoms with van der Waals surface area (Å²) in [6.45, 7) is 2.06. The molecule has 0 amide bonds. The van der Waals surface area contributed by atoms with E-state index in [2.05, 4.69) is 5.32 Å². The van der Waals surface area contributed by atoms with E-state index in [-0.39, 0.29) is 42.1 Å². The molecule has 0 aliphatic carbocycles. The van der Waals surface area contributed by atoms with Gasteiger partial charge in [0.1, 0.15) is 12.4 Å². The van der Waals surface area contributed by atoms with E-state index in [1.807, 2.05) is 30.3 Å². The number of benzene rings is 2. The highest BCUT2D eigenvalue weighted by molar-refractivity contribution is 5.92. The average Bonchev–Trinajstić information content (AvgIpc) is 3.24. The molecule has 176 valence electrons. The molecule has 4 aromatic rings. The summed E-state index contributed by atoms with van der Waals surface area (Å²) in [7, 11) is 0. The first kappa shape index (κ1) is 21.5. The van der Waals surface area contributed by atoms with Crippen LogP contribution < -0.4 is 10.9 Å². The molecule has 2 N–H and O–H groups in total. The van der Waals surface area contributed by atoms with Crippen molar-refractivity contribution in [3.8, 4) is 11.4 Å². The number of ether oxygens (including phenoxy) is 1. The first-order valence-electron chi connectivity index (χ1n) is 11.5. The maximum Gasteiger partial charge on any atom is 0.343 e. The van der Waals surface area contributed by atoms with Crippen LogP contribution in [0.1, 0.15) is 35.6 Å². The molecule has 2 aliphatic rings. The van der Waals surface area contributed by atoms with Crippen LogP contribution in [-0.4, -0.2) is 20.6 Å². The smallest absolute Gasteiger partial charge is 0.343 e. The maximum absolute atomic E-state index is 13.6. The number of nitrogens with zero attached hydrogens (tertiary/aromatic N) is 2. The number of para-hydroxylation sites is 1. The zero-order chi connectivity index (χ0) is 24.3. The summed E-state index contributed by atoms with van der Waals surface area (Å²) in [6.07, 6.45) is 0.0327. The number of esters is 1. The number of anilines is 1. The summed E-state index contributed by atoms with van der Waals surface area (Å²) in [5.41, 5.74) is 2.26. The van der Waals surface area contributed by atoms with Crippen molar-refractivity contribution >= 4 is 22.6 Å². The maximum atomic E-state index is 13.6. The van der Waals surface area contributed by atoms with Crippen molar-refractivity contribution in [3.63, 3.8) is 0 Å². The second-order valence-electron chi connectivity index (χ2n) is 8.93. The molecule has 0 bridgehead atoms.